The van der Waals surface area contributed by atoms with Gasteiger partial charge >= 0.3 is 0 Å². The molecule has 6 nitrogen and oxygen atoms in total. The number of hydrogen-bond acceptors (Lipinski definition) is 4. The quantitative estimate of drug-likeness (QED) is 0.580. The molecule has 0 bridgehead atoms. The highest BCUT2D eigenvalue weighted by Gasteiger charge is 2.24. The molecule has 1 aliphatic heterocycles. The van der Waals surface area contributed by atoms with E-state index in [0.717, 1.165) is 18.4 Å². The molecule has 1 amide bonds. The number of nitro benzene ring substituents is 1. The lowest BCUT2D eigenvalue weighted by molar-refractivity contribution is -0.384. The monoisotopic (exact) mass is 417 g/mol. The van der Waals surface area contributed by atoms with Crippen molar-refractivity contribution >= 4 is 33.2 Å². The van der Waals surface area contributed by atoms with Crippen molar-refractivity contribution in [1.82, 2.24) is 4.90 Å². The van der Waals surface area contributed by atoms with E-state index in [0.29, 0.717) is 35.7 Å². The van der Waals surface area contributed by atoms with Crippen LogP contribution in [-0.4, -0.2) is 35.4 Å². The minimum absolute atomic E-state index is 0.0658. The van der Waals surface area contributed by atoms with E-state index in [2.05, 4.69) is 21.2 Å². The van der Waals surface area contributed by atoms with Crippen LogP contribution in [0.15, 0.2) is 53.0 Å². The van der Waals surface area contributed by atoms with Gasteiger partial charge in [-0.2, -0.15) is 0 Å². The van der Waals surface area contributed by atoms with Crippen LogP contribution in [-0.2, 0) is 0 Å². The van der Waals surface area contributed by atoms with Crippen LogP contribution < -0.4 is 5.32 Å². The zero-order chi connectivity index (χ0) is 18.5. The van der Waals surface area contributed by atoms with E-state index in [1.807, 2.05) is 35.2 Å². The van der Waals surface area contributed by atoms with Gasteiger partial charge in [0.25, 0.3) is 11.6 Å². The number of anilines is 1. The second-order valence-electron chi connectivity index (χ2n) is 6.40. The number of amides is 1. The van der Waals surface area contributed by atoms with Crippen molar-refractivity contribution in [3.8, 4) is 0 Å². The van der Waals surface area contributed by atoms with Crippen molar-refractivity contribution in [3.05, 3.63) is 68.7 Å². The highest BCUT2D eigenvalue weighted by molar-refractivity contribution is 9.10. The van der Waals surface area contributed by atoms with Gasteiger partial charge in [0.1, 0.15) is 5.69 Å². The van der Waals surface area contributed by atoms with Gasteiger partial charge in [0.05, 0.1) is 4.92 Å². The summed E-state index contributed by atoms with van der Waals surface area (Å²) >= 11 is 3.26. The summed E-state index contributed by atoms with van der Waals surface area (Å²) in [6.07, 6.45) is 1.77. The lowest BCUT2D eigenvalue weighted by atomic mass is 9.96. The number of benzene rings is 2. The molecule has 26 heavy (non-hydrogen) atoms. The van der Waals surface area contributed by atoms with E-state index in [1.54, 1.807) is 12.1 Å². The molecule has 0 aliphatic carbocycles. The molecule has 2 aromatic rings. The first-order valence-electron chi connectivity index (χ1n) is 8.56. The van der Waals surface area contributed by atoms with Crippen LogP contribution in [0.3, 0.4) is 0 Å². The first kappa shape index (κ1) is 18.4. The standard InChI is InChI=1S/C19H20BrN3O3/c20-16-6-7-17(18(12-16)23(25)26)21-13-14-8-10-22(11-9-14)19(24)15-4-2-1-3-5-15/h1-7,12,14,21H,8-11,13H2. The largest absolute Gasteiger partial charge is 0.379 e. The Labute approximate surface area is 160 Å². The minimum Gasteiger partial charge on any atom is -0.379 e. The van der Waals surface area contributed by atoms with Gasteiger partial charge in [0.15, 0.2) is 0 Å². The smallest absolute Gasteiger partial charge is 0.293 e. The summed E-state index contributed by atoms with van der Waals surface area (Å²) in [5.74, 6) is 0.457. The van der Waals surface area contributed by atoms with E-state index in [-0.39, 0.29) is 16.5 Å². The zero-order valence-corrected chi connectivity index (χ0v) is 15.8. The Morgan fingerprint density at radius 3 is 2.54 bits per heavy atom. The van der Waals surface area contributed by atoms with E-state index in [4.69, 9.17) is 0 Å². The summed E-state index contributed by atoms with van der Waals surface area (Å²) < 4.78 is 0.683. The van der Waals surface area contributed by atoms with E-state index in [9.17, 15) is 14.9 Å². The van der Waals surface area contributed by atoms with Gasteiger partial charge in [-0.05, 0) is 43.0 Å². The Kier molecular flexibility index (Phi) is 5.88. The Morgan fingerprint density at radius 2 is 1.88 bits per heavy atom. The highest BCUT2D eigenvalue weighted by atomic mass is 79.9. The predicted octanol–water partition coefficient (Wildman–Crippen LogP) is 4.32. The van der Waals surface area contributed by atoms with Gasteiger partial charge < -0.3 is 10.2 Å². The fourth-order valence-electron chi connectivity index (χ4n) is 3.16. The van der Waals surface area contributed by atoms with Crippen molar-refractivity contribution in [2.24, 2.45) is 5.92 Å². The summed E-state index contributed by atoms with van der Waals surface area (Å²) in [5.41, 5.74) is 1.31. The molecule has 1 aliphatic rings. The van der Waals surface area contributed by atoms with Crippen molar-refractivity contribution in [3.63, 3.8) is 0 Å². The van der Waals surface area contributed by atoms with E-state index >= 15 is 0 Å². The van der Waals surface area contributed by atoms with Crippen LogP contribution in [0.25, 0.3) is 0 Å². The molecule has 1 N–H and O–H groups in total. The van der Waals surface area contributed by atoms with E-state index < -0.39 is 0 Å². The first-order valence-corrected chi connectivity index (χ1v) is 9.36. The average molecular weight is 418 g/mol. The molecule has 0 radical (unpaired) electrons. The van der Waals surface area contributed by atoms with Gasteiger partial charge in [-0.25, -0.2) is 0 Å². The average Bonchev–Trinajstić information content (AvgIpc) is 2.67. The van der Waals surface area contributed by atoms with Crippen LogP contribution >= 0.6 is 15.9 Å². The third-order valence-electron chi connectivity index (χ3n) is 4.66. The van der Waals surface area contributed by atoms with Crippen molar-refractivity contribution < 1.29 is 9.72 Å². The molecule has 0 atom stereocenters. The van der Waals surface area contributed by atoms with Crippen molar-refractivity contribution in [2.45, 2.75) is 12.8 Å². The number of carbonyl (C=O) groups is 1. The molecule has 3 rings (SSSR count). The Bertz CT molecular complexity index is 790. The number of carbonyl (C=O) groups excluding carboxylic acids is 1. The lowest BCUT2D eigenvalue weighted by Gasteiger charge is -2.32. The van der Waals surface area contributed by atoms with Crippen LogP contribution in [0.4, 0.5) is 11.4 Å². The Morgan fingerprint density at radius 1 is 1.19 bits per heavy atom. The van der Waals surface area contributed by atoms with Crippen LogP contribution in [0.5, 0.6) is 0 Å². The highest BCUT2D eigenvalue weighted by Crippen LogP contribution is 2.29. The molecule has 1 heterocycles. The number of rotatable bonds is 5. The second kappa shape index (κ2) is 8.31. The number of hydrogen-bond donors (Lipinski definition) is 1. The Balaban J connectivity index is 1.54. The van der Waals surface area contributed by atoms with Crippen molar-refractivity contribution in [2.75, 3.05) is 25.0 Å². The number of nitro groups is 1. The molecule has 2 aromatic carbocycles. The van der Waals surface area contributed by atoms with Crippen LogP contribution in [0.2, 0.25) is 0 Å². The number of likely N-dealkylation sites (tertiary alicyclic amines) is 1. The van der Waals surface area contributed by atoms with Gasteiger partial charge in [0.2, 0.25) is 0 Å². The molecule has 0 unspecified atom stereocenters. The van der Waals surface area contributed by atoms with Crippen LogP contribution in [0.1, 0.15) is 23.2 Å². The SMILES string of the molecule is O=C(c1ccccc1)N1CCC(CNc2ccc(Br)cc2[N+](=O)[O-])CC1. The topological polar surface area (TPSA) is 75.5 Å². The van der Waals surface area contributed by atoms with Crippen LogP contribution in [0, 0.1) is 16.0 Å². The summed E-state index contributed by atoms with van der Waals surface area (Å²) in [6, 6.07) is 14.3. The van der Waals surface area contributed by atoms with E-state index in [1.165, 1.54) is 6.07 Å². The molecule has 1 saturated heterocycles. The molecular formula is C19H20BrN3O3. The molecular weight excluding hydrogens is 398 g/mol. The molecule has 0 spiro atoms. The fraction of sp³-hybridized carbons (Fsp3) is 0.316. The lowest BCUT2D eigenvalue weighted by Crippen LogP contribution is -2.39. The predicted molar refractivity (Wildman–Crippen MR) is 104 cm³/mol. The molecule has 0 saturated carbocycles. The Hall–Kier alpha value is -2.41. The second-order valence-corrected chi connectivity index (χ2v) is 7.32. The fourth-order valence-corrected chi connectivity index (χ4v) is 3.51. The zero-order valence-electron chi connectivity index (χ0n) is 14.2. The number of piperidine rings is 1. The first-order chi connectivity index (χ1) is 12.5. The van der Waals surface area contributed by atoms with Gasteiger partial charge in [-0.1, -0.05) is 34.1 Å². The third kappa shape index (κ3) is 4.40. The van der Waals surface area contributed by atoms with Gasteiger partial charge in [0, 0.05) is 35.7 Å². The maximum absolute atomic E-state index is 12.5. The van der Waals surface area contributed by atoms with Gasteiger partial charge in [-0.3, -0.25) is 14.9 Å². The number of halogens is 1. The number of nitrogens with one attached hydrogen (secondary N) is 1. The summed E-state index contributed by atoms with van der Waals surface area (Å²) in [4.78, 5) is 25.1. The maximum atomic E-state index is 12.5. The molecule has 1 fully saturated rings. The summed E-state index contributed by atoms with van der Waals surface area (Å²) in [5, 5.41) is 14.4. The third-order valence-corrected chi connectivity index (χ3v) is 5.15. The van der Waals surface area contributed by atoms with Crippen molar-refractivity contribution in [1.29, 1.82) is 0 Å². The maximum Gasteiger partial charge on any atom is 0.293 e. The summed E-state index contributed by atoms with van der Waals surface area (Å²) in [7, 11) is 0. The molecule has 7 heteroatoms. The number of nitrogens with zero attached hydrogens (tertiary/aromatic N) is 2. The molecule has 0 aromatic heterocycles. The van der Waals surface area contributed by atoms with Gasteiger partial charge in [-0.15, -0.1) is 0 Å². The summed E-state index contributed by atoms with van der Waals surface area (Å²) in [6.45, 7) is 2.08. The molecule has 136 valence electrons. The minimum atomic E-state index is -0.381. The normalized spacial score (nSPS) is 14.9.